The quantitative estimate of drug-likeness (QED) is 0.747. The fourth-order valence-corrected chi connectivity index (χ4v) is 2.28. The molecule has 4 heteroatoms. The van der Waals surface area contributed by atoms with Gasteiger partial charge < -0.3 is 20.1 Å². The van der Waals surface area contributed by atoms with E-state index in [-0.39, 0.29) is 0 Å². The van der Waals surface area contributed by atoms with E-state index in [4.69, 9.17) is 9.47 Å². The predicted octanol–water partition coefficient (Wildman–Crippen LogP) is 2.97. The van der Waals surface area contributed by atoms with Gasteiger partial charge in [-0.2, -0.15) is 0 Å². The molecule has 1 atom stereocenters. The van der Waals surface area contributed by atoms with Gasteiger partial charge in [-0.05, 0) is 42.3 Å². The standard InChI is InChI=1S/C19H26N2O2/c1-15(21-14-17-6-10-19(23-3)11-7-17)12-20-13-16-4-8-18(22-2)9-5-16/h4-11,15,20-21H,12-14H2,1-3H3. The molecule has 0 aliphatic rings. The Hall–Kier alpha value is -2.04. The van der Waals surface area contributed by atoms with E-state index in [1.807, 2.05) is 24.3 Å². The minimum atomic E-state index is 0.398. The fraction of sp³-hybridized carbons (Fsp3) is 0.368. The number of methoxy groups -OCH3 is 2. The average molecular weight is 314 g/mol. The second kappa shape index (κ2) is 9.18. The Morgan fingerprint density at radius 2 is 1.26 bits per heavy atom. The molecule has 4 nitrogen and oxygen atoms in total. The molecule has 0 aliphatic carbocycles. The molecule has 0 amide bonds. The third kappa shape index (κ3) is 5.93. The summed E-state index contributed by atoms with van der Waals surface area (Å²) in [6.07, 6.45) is 0. The van der Waals surface area contributed by atoms with E-state index >= 15 is 0 Å². The number of hydrogen-bond donors (Lipinski definition) is 2. The van der Waals surface area contributed by atoms with Gasteiger partial charge in [0.25, 0.3) is 0 Å². The molecule has 2 rings (SSSR count). The molecule has 2 aromatic rings. The van der Waals surface area contributed by atoms with Crippen molar-refractivity contribution in [3.8, 4) is 11.5 Å². The normalized spacial score (nSPS) is 12.0. The van der Waals surface area contributed by atoms with Gasteiger partial charge in [0.05, 0.1) is 14.2 Å². The van der Waals surface area contributed by atoms with Crippen LogP contribution in [-0.4, -0.2) is 26.8 Å². The largest absolute Gasteiger partial charge is 0.497 e. The van der Waals surface area contributed by atoms with Crippen molar-refractivity contribution in [1.82, 2.24) is 10.6 Å². The molecule has 0 radical (unpaired) electrons. The topological polar surface area (TPSA) is 42.5 Å². The molecule has 0 saturated carbocycles. The van der Waals surface area contributed by atoms with Crippen LogP contribution in [0, 0.1) is 0 Å². The maximum atomic E-state index is 5.17. The lowest BCUT2D eigenvalue weighted by Crippen LogP contribution is -2.35. The van der Waals surface area contributed by atoms with E-state index in [1.165, 1.54) is 11.1 Å². The van der Waals surface area contributed by atoms with Gasteiger partial charge in [-0.1, -0.05) is 24.3 Å². The summed E-state index contributed by atoms with van der Waals surface area (Å²) >= 11 is 0. The molecule has 0 heterocycles. The predicted molar refractivity (Wildman–Crippen MR) is 94.0 cm³/mol. The van der Waals surface area contributed by atoms with E-state index in [0.29, 0.717) is 6.04 Å². The summed E-state index contributed by atoms with van der Waals surface area (Å²) in [6.45, 7) is 4.82. The van der Waals surface area contributed by atoms with Crippen LogP contribution in [0.15, 0.2) is 48.5 Å². The fourth-order valence-electron chi connectivity index (χ4n) is 2.28. The number of benzene rings is 2. The molecule has 1 unspecified atom stereocenters. The lowest BCUT2D eigenvalue weighted by Gasteiger charge is -2.15. The number of rotatable bonds is 9. The summed E-state index contributed by atoms with van der Waals surface area (Å²) in [4.78, 5) is 0. The van der Waals surface area contributed by atoms with Crippen LogP contribution in [0.1, 0.15) is 18.1 Å². The van der Waals surface area contributed by atoms with Gasteiger partial charge in [0.2, 0.25) is 0 Å². The first-order valence-corrected chi connectivity index (χ1v) is 7.91. The SMILES string of the molecule is COc1ccc(CNCC(C)NCc2ccc(OC)cc2)cc1. The molecule has 0 aliphatic heterocycles. The lowest BCUT2D eigenvalue weighted by molar-refractivity contribution is 0.414. The Labute approximate surface area is 138 Å². The van der Waals surface area contributed by atoms with Gasteiger partial charge in [0.1, 0.15) is 11.5 Å². The second-order valence-corrected chi connectivity index (χ2v) is 5.61. The second-order valence-electron chi connectivity index (χ2n) is 5.61. The van der Waals surface area contributed by atoms with E-state index in [1.54, 1.807) is 14.2 Å². The zero-order valence-corrected chi connectivity index (χ0v) is 14.1. The third-order valence-electron chi connectivity index (χ3n) is 3.75. The van der Waals surface area contributed by atoms with Crippen molar-refractivity contribution >= 4 is 0 Å². The number of ether oxygens (including phenoxy) is 2. The van der Waals surface area contributed by atoms with Crippen LogP contribution < -0.4 is 20.1 Å². The van der Waals surface area contributed by atoms with Crippen molar-refractivity contribution in [2.45, 2.75) is 26.1 Å². The van der Waals surface area contributed by atoms with Crippen LogP contribution in [0.25, 0.3) is 0 Å². The van der Waals surface area contributed by atoms with Crippen molar-refractivity contribution in [1.29, 1.82) is 0 Å². The van der Waals surface area contributed by atoms with Crippen molar-refractivity contribution in [2.75, 3.05) is 20.8 Å². The first-order valence-electron chi connectivity index (χ1n) is 7.91. The summed E-state index contributed by atoms with van der Waals surface area (Å²) in [7, 11) is 3.37. The van der Waals surface area contributed by atoms with Crippen LogP contribution in [0.4, 0.5) is 0 Å². The highest BCUT2D eigenvalue weighted by Gasteiger charge is 2.02. The first-order chi connectivity index (χ1) is 11.2. The summed E-state index contributed by atoms with van der Waals surface area (Å²) in [5.41, 5.74) is 2.51. The molecule has 0 spiro atoms. The molecular weight excluding hydrogens is 288 g/mol. The molecule has 0 fully saturated rings. The van der Waals surface area contributed by atoms with Crippen molar-refractivity contribution in [2.24, 2.45) is 0 Å². The molecule has 0 saturated heterocycles. The zero-order valence-electron chi connectivity index (χ0n) is 14.1. The lowest BCUT2D eigenvalue weighted by atomic mass is 10.2. The Morgan fingerprint density at radius 1 is 0.783 bits per heavy atom. The van der Waals surface area contributed by atoms with Gasteiger partial charge in [-0.25, -0.2) is 0 Å². The zero-order chi connectivity index (χ0) is 16.5. The van der Waals surface area contributed by atoms with Gasteiger partial charge in [-0.15, -0.1) is 0 Å². The Kier molecular flexibility index (Phi) is 6.91. The Bertz CT molecular complexity index is 567. The monoisotopic (exact) mass is 314 g/mol. The average Bonchev–Trinajstić information content (AvgIpc) is 2.61. The molecule has 2 N–H and O–H groups in total. The van der Waals surface area contributed by atoms with E-state index in [9.17, 15) is 0 Å². The minimum Gasteiger partial charge on any atom is -0.497 e. The highest BCUT2D eigenvalue weighted by Crippen LogP contribution is 2.12. The van der Waals surface area contributed by atoms with E-state index in [2.05, 4.69) is 41.8 Å². The highest BCUT2D eigenvalue weighted by molar-refractivity contribution is 5.27. The van der Waals surface area contributed by atoms with Crippen LogP contribution in [0.5, 0.6) is 11.5 Å². The molecule has 23 heavy (non-hydrogen) atoms. The van der Waals surface area contributed by atoms with Gasteiger partial charge in [0, 0.05) is 25.7 Å². The van der Waals surface area contributed by atoms with Crippen LogP contribution in [-0.2, 0) is 13.1 Å². The minimum absolute atomic E-state index is 0.398. The molecule has 0 bridgehead atoms. The Balaban J connectivity index is 1.66. The number of nitrogens with one attached hydrogen (secondary N) is 2. The van der Waals surface area contributed by atoms with Gasteiger partial charge in [-0.3, -0.25) is 0 Å². The van der Waals surface area contributed by atoms with Crippen LogP contribution >= 0.6 is 0 Å². The Morgan fingerprint density at radius 3 is 1.74 bits per heavy atom. The van der Waals surface area contributed by atoms with Gasteiger partial charge >= 0.3 is 0 Å². The summed E-state index contributed by atoms with van der Waals surface area (Å²) in [5.74, 6) is 1.78. The van der Waals surface area contributed by atoms with E-state index in [0.717, 1.165) is 31.1 Å². The first kappa shape index (κ1) is 17.3. The van der Waals surface area contributed by atoms with Gasteiger partial charge in [0.15, 0.2) is 0 Å². The van der Waals surface area contributed by atoms with Crippen molar-refractivity contribution in [3.63, 3.8) is 0 Å². The van der Waals surface area contributed by atoms with Crippen molar-refractivity contribution in [3.05, 3.63) is 59.7 Å². The molecule has 124 valence electrons. The molecule has 2 aromatic carbocycles. The molecule has 0 aromatic heterocycles. The van der Waals surface area contributed by atoms with Crippen molar-refractivity contribution < 1.29 is 9.47 Å². The third-order valence-corrected chi connectivity index (χ3v) is 3.75. The summed E-state index contributed by atoms with van der Waals surface area (Å²) in [6, 6.07) is 16.7. The number of hydrogen-bond acceptors (Lipinski definition) is 4. The van der Waals surface area contributed by atoms with Crippen LogP contribution in [0.2, 0.25) is 0 Å². The molecular formula is C19H26N2O2. The van der Waals surface area contributed by atoms with Crippen LogP contribution in [0.3, 0.4) is 0 Å². The summed E-state index contributed by atoms with van der Waals surface area (Å²) < 4.78 is 10.3. The van der Waals surface area contributed by atoms with E-state index < -0.39 is 0 Å². The maximum Gasteiger partial charge on any atom is 0.118 e. The maximum absolute atomic E-state index is 5.17. The highest BCUT2D eigenvalue weighted by atomic mass is 16.5. The summed E-state index contributed by atoms with van der Waals surface area (Å²) in [5, 5.41) is 6.99. The smallest absolute Gasteiger partial charge is 0.118 e.